The molecule has 0 spiro atoms. The van der Waals surface area contributed by atoms with Crippen LogP contribution in [0.3, 0.4) is 0 Å². The summed E-state index contributed by atoms with van der Waals surface area (Å²) in [4.78, 5) is 14.2. The lowest BCUT2D eigenvalue weighted by molar-refractivity contribution is 0.167. The lowest BCUT2D eigenvalue weighted by Gasteiger charge is -2.27. The number of urea groups is 1. The minimum atomic E-state index is -0.163. The lowest BCUT2D eigenvalue weighted by Crippen LogP contribution is -2.44. The molecule has 0 saturated carbocycles. The fourth-order valence-corrected chi connectivity index (χ4v) is 2.28. The second-order valence-electron chi connectivity index (χ2n) is 5.63. The number of carbonyl (C=O) groups is 1. The van der Waals surface area contributed by atoms with Gasteiger partial charge in [0.1, 0.15) is 0 Å². The number of carbonyl (C=O) groups excluding carboxylic acids is 1. The number of amides is 2. The Balaban J connectivity index is 1.91. The van der Waals surface area contributed by atoms with Crippen molar-refractivity contribution < 1.29 is 14.3 Å². The Bertz CT molecular complexity index is 644. The maximum Gasteiger partial charge on any atom is 0.320 e. The van der Waals surface area contributed by atoms with Gasteiger partial charge in [-0.3, -0.25) is 0 Å². The molecule has 0 aliphatic carbocycles. The van der Waals surface area contributed by atoms with E-state index in [0.717, 1.165) is 5.56 Å². The normalized spacial score (nSPS) is 10.3. The van der Waals surface area contributed by atoms with E-state index in [1.807, 2.05) is 62.4 Å². The zero-order valence-corrected chi connectivity index (χ0v) is 14.4. The van der Waals surface area contributed by atoms with Crippen molar-refractivity contribution in [3.8, 4) is 11.5 Å². The van der Waals surface area contributed by atoms with Gasteiger partial charge in [-0.1, -0.05) is 42.5 Å². The Morgan fingerprint density at radius 2 is 1.67 bits per heavy atom. The summed E-state index contributed by atoms with van der Waals surface area (Å²) in [5.74, 6) is 1.23. The Morgan fingerprint density at radius 1 is 1.04 bits per heavy atom. The summed E-state index contributed by atoms with van der Waals surface area (Å²) in [5, 5.41) is 2.79. The van der Waals surface area contributed by atoms with Crippen LogP contribution in [0.25, 0.3) is 0 Å². The van der Waals surface area contributed by atoms with E-state index in [-0.39, 0.29) is 18.8 Å². The third-order valence-electron chi connectivity index (χ3n) is 3.60. The molecule has 0 aliphatic rings. The van der Waals surface area contributed by atoms with Gasteiger partial charge in [0.15, 0.2) is 18.2 Å². The minimum Gasteiger partial charge on any atom is -0.493 e. The van der Waals surface area contributed by atoms with Crippen LogP contribution in [0.2, 0.25) is 0 Å². The van der Waals surface area contributed by atoms with Gasteiger partial charge in [0.05, 0.1) is 7.11 Å². The number of methoxy groups -OCH3 is 1. The molecule has 0 aliphatic heterocycles. The van der Waals surface area contributed by atoms with Crippen LogP contribution in [0.4, 0.5) is 4.79 Å². The average molecular weight is 328 g/mol. The predicted octanol–water partition coefficient (Wildman–Crippen LogP) is 3.65. The topological polar surface area (TPSA) is 50.8 Å². The molecule has 2 aromatic carbocycles. The molecule has 2 rings (SSSR count). The monoisotopic (exact) mass is 328 g/mol. The highest BCUT2D eigenvalue weighted by Gasteiger charge is 2.17. The van der Waals surface area contributed by atoms with Gasteiger partial charge in [-0.05, 0) is 31.5 Å². The predicted molar refractivity (Wildman–Crippen MR) is 94.1 cm³/mol. The highest BCUT2D eigenvalue weighted by Crippen LogP contribution is 2.25. The van der Waals surface area contributed by atoms with Gasteiger partial charge >= 0.3 is 6.03 Å². The quantitative estimate of drug-likeness (QED) is 0.789. The number of hydrogen-bond acceptors (Lipinski definition) is 3. The Hall–Kier alpha value is -2.69. The Labute approximate surface area is 143 Å². The fraction of sp³-hybridized carbons (Fsp3) is 0.316. The Morgan fingerprint density at radius 3 is 2.29 bits per heavy atom. The van der Waals surface area contributed by atoms with Crippen LogP contribution < -0.4 is 14.8 Å². The average Bonchev–Trinajstić information content (AvgIpc) is 2.60. The first-order chi connectivity index (χ1) is 11.6. The van der Waals surface area contributed by atoms with E-state index in [4.69, 9.17) is 9.47 Å². The van der Waals surface area contributed by atoms with E-state index in [0.29, 0.717) is 18.0 Å². The lowest BCUT2D eigenvalue weighted by atomic mass is 10.2. The SMILES string of the molecule is COc1ccccc1OCNC(=O)N(Cc1ccccc1)C(C)C. The summed E-state index contributed by atoms with van der Waals surface area (Å²) in [7, 11) is 1.58. The molecular formula is C19H24N2O3. The first kappa shape index (κ1) is 17.7. The van der Waals surface area contributed by atoms with Crippen LogP contribution in [-0.4, -0.2) is 30.8 Å². The molecule has 0 bridgehead atoms. The molecule has 2 amide bonds. The summed E-state index contributed by atoms with van der Waals surface area (Å²) in [6.45, 7) is 4.61. The third kappa shape index (κ3) is 4.91. The molecule has 0 radical (unpaired) electrons. The van der Waals surface area contributed by atoms with Crippen molar-refractivity contribution in [2.24, 2.45) is 0 Å². The van der Waals surface area contributed by atoms with Gasteiger partial charge in [0.25, 0.3) is 0 Å². The molecule has 128 valence electrons. The number of para-hydroxylation sites is 2. The highest BCUT2D eigenvalue weighted by molar-refractivity contribution is 5.74. The van der Waals surface area contributed by atoms with E-state index >= 15 is 0 Å². The summed E-state index contributed by atoms with van der Waals surface area (Å²) in [6, 6.07) is 17.2. The van der Waals surface area contributed by atoms with Gasteiger partial charge < -0.3 is 19.7 Å². The van der Waals surface area contributed by atoms with Gasteiger partial charge in [-0.25, -0.2) is 4.79 Å². The van der Waals surface area contributed by atoms with Crippen molar-refractivity contribution in [2.45, 2.75) is 26.4 Å². The van der Waals surface area contributed by atoms with Crippen LogP contribution in [0.5, 0.6) is 11.5 Å². The summed E-state index contributed by atoms with van der Waals surface area (Å²) in [5.41, 5.74) is 1.09. The van der Waals surface area contributed by atoms with Crippen molar-refractivity contribution in [3.63, 3.8) is 0 Å². The molecule has 0 heterocycles. The van der Waals surface area contributed by atoms with Crippen LogP contribution in [0, 0.1) is 0 Å². The molecule has 2 aromatic rings. The van der Waals surface area contributed by atoms with Crippen molar-refractivity contribution >= 4 is 6.03 Å². The number of rotatable bonds is 7. The molecule has 0 saturated heterocycles. The first-order valence-electron chi connectivity index (χ1n) is 7.96. The molecule has 5 heteroatoms. The third-order valence-corrected chi connectivity index (χ3v) is 3.60. The van der Waals surface area contributed by atoms with Crippen molar-refractivity contribution in [3.05, 3.63) is 60.2 Å². The molecule has 1 N–H and O–H groups in total. The largest absolute Gasteiger partial charge is 0.493 e. The van der Waals surface area contributed by atoms with E-state index < -0.39 is 0 Å². The maximum atomic E-state index is 12.4. The van der Waals surface area contributed by atoms with E-state index in [1.54, 1.807) is 18.1 Å². The van der Waals surface area contributed by atoms with Crippen molar-refractivity contribution in [2.75, 3.05) is 13.8 Å². The number of benzene rings is 2. The van der Waals surface area contributed by atoms with Gasteiger partial charge in [-0.15, -0.1) is 0 Å². The first-order valence-corrected chi connectivity index (χ1v) is 7.96. The molecule has 0 aromatic heterocycles. The summed E-state index contributed by atoms with van der Waals surface area (Å²) >= 11 is 0. The second kappa shape index (κ2) is 8.82. The number of nitrogens with one attached hydrogen (secondary N) is 1. The second-order valence-corrected chi connectivity index (χ2v) is 5.63. The maximum absolute atomic E-state index is 12.4. The van der Waals surface area contributed by atoms with Crippen LogP contribution in [-0.2, 0) is 6.54 Å². The molecular weight excluding hydrogens is 304 g/mol. The molecule has 0 atom stereocenters. The molecule has 0 fully saturated rings. The van der Waals surface area contributed by atoms with Crippen molar-refractivity contribution in [1.29, 1.82) is 0 Å². The van der Waals surface area contributed by atoms with E-state index in [2.05, 4.69) is 5.32 Å². The zero-order valence-electron chi connectivity index (χ0n) is 14.4. The number of hydrogen-bond donors (Lipinski definition) is 1. The summed E-state index contributed by atoms with van der Waals surface area (Å²) in [6.07, 6.45) is 0. The van der Waals surface area contributed by atoms with Gasteiger partial charge in [0.2, 0.25) is 0 Å². The fourth-order valence-electron chi connectivity index (χ4n) is 2.28. The smallest absolute Gasteiger partial charge is 0.320 e. The van der Waals surface area contributed by atoms with Crippen molar-refractivity contribution in [1.82, 2.24) is 10.2 Å². The minimum absolute atomic E-state index is 0.0801. The number of nitrogens with zero attached hydrogens (tertiary/aromatic N) is 1. The van der Waals surface area contributed by atoms with Gasteiger partial charge in [-0.2, -0.15) is 0 Å². The standard InChI is InChI=1S/C19H24N2O3/c1-15(2)21(13-16-9-5-4-6-10-16)19(22)20-14-24-18-12-8-7-11-17(18)23-3/h4-12,15H,13-14H2,1-3H3,(H,20,22). The molecule has 24 heavy (non-hydrogen) atoms. The van der Waals surface area contributed by atoms with Gasteiger partial charge in [0, 0.05) is 12.6 Å². The van der Waals surface area contributed by atoms with Crippen LogP contribution in [0.15, 0.2) is 54.6 Å². The van der Waals surface area contributed by atoms with Crippen LogP contribution >= 0.6 is 0 Å². The van der Waals surface area contributed by atoms with E-state index in [9.17, 15) is 4.79 Å². The number of ether oxygens (including phenoxy) is 2. The molecule has 0 unspecified atom stereocenters. The molecule has 5 nitrogen and oxygen atoms in total. The summed E-state index contributed by atoms with van der Waals surface area (Å²) < 4.78 is 10.8. The van der Waals surface area contributed by atoms with Crippen LogP contribution in [0.1, 0.15) is 19.4 Å². The highest BCUT2D eigenvalue weighted by atomic mass is 16.5. The zero-order chi connectivity index (χ0) is 17.4. The van der Waals surface area contributed by atoms with E-state index in [1.165, 1.54) is 0 Å². The Kier molecular flexibility index (Phi) is 6.49.